The van der Waals surface area contributed by atoms with Crippen molar-refractivity contribution in [3.05, 3.63) is 11.6 Å². The molecule has 1 rings (SSSR count). The molecule has 0 unspecified atom stereocenters. The highest BCUT2D eigenvalue weighted by Gasteiger charge is 2.03. The lowest BCUT2D eigenvalue weighted by atomic mass is 9.98. The molecular weight excluding hydrogens is 208 g/mol. The Hall–Kier alpha value is -1.03. The van der Waals surface area contributed by atoms with Gasteiger partial charge in [-0.1, -0.05) is 11.6 Å². The Morgan fingerprint density at radius 3 is 2.88 bits per heavy atom. The number of carbonyl (C=O) groups excluding carboxylic acids is 1. The highest BCUT2D eigenvalue weighted by molar-refractivity contribution is 5.59. The molecule has 16 heavy (non-hydrogen) atoms. The van der Waals surface area contributed by atoms with E-state index in [0.29, 0.717) is 13.2 Å². The average molecular weight is 228 g/mol. The van der Waals surface area contributed by atoms with Gasteiger partial charge in [-0.15, -0.1) is 0 Å². The summed E-state index contributed by atoms with van der Waals surface area (Å²) in [6.07, 6.45) is 7.70. The van der Waals surface area contributed by atoms with E-state index in [-0.39, 0.29) is 6.61 Å². The Balaban J connectivity index is 1.91. The number of allylic oxidation sites excluding steroid dienone is 1. The third-order valence-corrected chi connectivity index (χ3v) is 2.57. The lowest BCUT2D eigenvalue weighted by Gasteiger charge is -2.12. The van der Waals surface area contributed by atoms with Crippen molar-refractivity contribution < 1.29 is 19.0 Å². The van der Waals surface area contributed by atoms with Crippen molar-refractivity contribution in [3.8, 4) is 0 Å². The molecule has 0 aliphatic heterocycles. The summed E-state index contributed by atoms with van der Waals surface area (Å²) in [4.78, 5) is 10.6. The Labute approximate surface area is 96.6 Å². The molecule has 1 aliphatic carbocycles. The normalized spacial score (nSPS) is 15.4. The van der Waals surface area contributed by atoms with E-state index < -0.39 is 6.16 Å². The number of carbonyl (C=O) groups is 1. The minimum Gasteiger partial charge on any atom is -0.438 e. The van der Waals surface area contributed by atoms with Gasteiger partial charge in [0.1, 0.15) is 6.61 Å². The van der Waals surface area contributed by atoms with E-state index in [9.17, 15) is 4.79 Å². The van der Waals surface area contributed by atoms with Gasteiger partial charge in [-0.3, -0.25) is 0 Å². The van der Waals surface area contributed by atoms with Gasteiger partial charge in [-0.05, 0) is 32.1 Å². The fraction of sp³-hybridized carbons (Fsp3) is 0.750. The van der Waals surface area contributed by atoms with Crippen molar-refractivity contribution in [1.29, 1.82) is 0 Å². The van der Waals surface area contributed by atoms with Crippen molar-refractivity contribution in [2.45, 2.75) is 32.1 Å². The summed E-state index contributed by atoms with van der Waals surface area (Å²) in [6.45, 7) is 1.39. The van der Waals surface area contributed by atoms with Gasteiger partial charge in [0.05, 0.1) is 20.3 Å². The Morgan fingerprint density at radius 2 is 2.19 bits per heavy atom. The second-order valence-electron chi connectivity index (χ2n) is 3.77. The lowest BCUT2D eigenvalue weighted by Crippen LogP contribution is -2.11. The largest absolute Gasteiger partial charge is 0.508 e. The highest BCUT2D eigenvalue weighted by Crippen LogP contribution is 2.19. The van der Waals surface area contributed by atoms with Crippen LogP contribution in [0.25, 0.3) is 0 Å². The molecule has 0 N–H and O–H groups in total. The summed E-state index contributed by atoms with van der Waals surface area (Å²) in [6, 6.07) is 0. The summed E-state index contributed by atoms with van der Waals surface area (Å²) in [5.41, 5.74) is 1.50. The fourth-order valence-corrected chi connectivity index (χ4v) is 1.68. The van der Waals surface area contributed by atoms with Gasteiger partial charge in [0, 0.05) is 0 Å². The van der Waals surface area contributed by atoms with Gasteiger partial charge in [0.15, 0.2) is 0 Å². The summed E-state index contributed by atoms with van der Waals surface area (Å²) in [7, 11) is 1.29. The summed E-state index contributed by atoms with van der Waals surface area (Å²) in [5.74, 6) is 0. The Bertz CT molecular complexity index is 235. The number of rotatable bonds is 6. The van der Waals surface area contributed by atoms with Crippen LogP contribution >= 0.6 is 0 Å². The van der Waals surface area contributed by atoms with Crippen LogP contribution < -0.4 is 0 Å². The van der Waals surface area contributed by atoms with E-state index in [4.69, 9.17) is 4.74 Å². The zero-order valence-corrected chi connectivity index (χ0v) is 9.87. The second kappa shape index (κ2) is 8.16. The molecule has 0 fully saturated rings. The summed E-state index contributed by atoms with van der Waals surface area (Å²) in [5, 5.41) is 0. The van der Waals surface area contributed by atoms with Crippen LogP contribution in [0.3, 0.4) is 0 Å². The zero-order chi connectivity index (χ0) is 11.6. The van der Waals surface area contributed by atoms with Gasteiger partial charge < -0.3 is 14.2 Å². The summed E-state index contributed by atoms with van der Waals surface area (Å²) < 4.78 is 14.4. The van der Waals surface area contributed by atoms with Crippen LogP contribution in [0.4, 0.5) is 4.79 Å². The molecule has 0 radical (unpaired) electrons. The molecule has 4 heteroatoms. The third kappa shape index (κ3) is 5.75. The maximum Gasteiger partial charge on any atom is 0.508 e. The minimum absolute atomic E-state index is 0.256. The zero-order valence-electron chi connectivity index (χ0n) is 9.87. The predicted octanol–water partition coefficient (Wildman–Crippen LogP) is 2.68. The second-order valence-corrected chi connectivity index (χ2v) is 3.77. The molecular formula is C12H20O4. The number of hydrogen-bond acceptors (Lipinski definition) is 4. The first-order valence-corrected chi connectivity index (χ1v) is 5.79. The van der Waals surface area contributed by atoms with E-state index in [1.165, 1.54) is 38.4 Å². The lowest BCUT2D eigenvalue weighted by molar-refractivity contribution is 0.0381. The molecule has 1 aliphatic rings. The van der Waals surface area contributed by atoms with E-state index in [2.05, 4.69) is 15.5 Å². The van der Waals surface area contributed by atoms with Crippen LogP contribution in [-0.2, 0) is 14.2 Å². The van der Waals surface area contributed by atoms with E-state index in [0.717, 1.165) is 6.42 Å². The van der Waals surface area contributed by atoms with Gasteiger partial charge in [-0.2, -0.15) is 0 Å². The van der Waals surface area contributed by atoms with Gasteiger partial charge in [0.2, 0.25) is 0 Å². The molecule has 0 aromatic carbocycles. The number of hydrogen-bond donors (Lipinski definition) is 0. The van der Waals surface area contributed by atoms with Crippen molar-refractivity contribution in [3.63, 3.8) is 0 Å². The first kappa shape index (κ1) is 13.0. The molecule has 92 valence electrons. The number of ether oxygens (including phenoxy) is 3. The Kier molecular flexibility index (Phi) is 6.65. The molecule has 0 saturated carbocycles. The average Bonchev–Trinajstić information content (AvgIpc) is 2.34. The minimum atomic E-state index is -0.654. The monoisotopic (exact) mass is 228 g/mol. The van der Waals surface area contributed by atoms with Gasteiger partial charge in [-0.25, -0.2) is 4.79 Å². The van der Waals surface area contributed by atoms with Crippen LogP contribution in [-0.4, -0.2) is 33.1 Å². The van der Waals surface area contributed by atoms with Crippen molar-refractivity contribution in [2.75, 3.05) is 26.9 Å². The number of methoxy groups -OCH3 is 1. The smallest absolute Gasteiger partial charge is 0.438 e. The predicted molar refractivity (Wildman–Crippen MR) is 60.3 cm³/mol. The first-order chi connectivity index (χ1) is 7.83. The highest BCUT2D eigenvalue weighted by atomic mass is 16.7. The fourth-order valence-electron chi connectivity index (χ4n) is 1.68. The maximum atomic E-state index is 10.6. The Morgan fingerprint density at radius 1 is 1.31 bits per heavy atom. The summed E-state index contributed by atoms with van der Waals surface area (Å²) >= 11 is 0. The third-order valence-electron chi connectivity index (χ3n) is 2.57. The van der Waals surface area contributed by atoms with Crippen molar-refractivity contribution in [2.24, 2.45) is 0 Å². The molecule has 0 heterocycles. The van der Waals surface area contributed by atoms with E-state index in [1.54, 1.807) is 0 Å². The van der Waals surface area contributed by atoms with Gasteiger partial charge >= 0.3 is 6.16 Å². The van der Waals surface area contributed by atoms with Crippen LogP contribution in [0.15, 0.2) is 11.6 Å². The topological polar surface area (TPSA) is 44.8 Å². The van der Waals surface area contributed by atoms with Crippen molar-refractivity contribution in [1.82, 2.24) is 0 Å². The molecule has 0 aromatic rings. The molecule has 0 bridgehead atoms. The standard InChI is InChI=1S/C12H20O4/c1-14-12(13)16-10-9-15-8-7-11-5-3-2-4-6-11/h5H,2-4,6-10H2,1H3. The molecule has 0 spiro atoms. The van der Waals surface area contributed by atoms with Crippen molar-refractivity contribution >= 4 is 6.16 Å². The van der Waals surface area contributed by atoms with E-state index >= 15 is 0 Å². The first-order valence-electron chi connectivity index (χ1n) is 5.79. The molecule has 0 atom stereocenters. The SMILES string of the molecule is COC(=O)OCCOCCC1=CCCCC1. The molecule has 0 saturated heterocycles. The van der Waals surface area contributed by atoms with Crippen LogP contribution in [0.5, 0.6) is 0 Å². The van der Waals surface area contributed by atoms with Crippen LogP contribution in [0, 0.1) is 0 Å². The van der Waals surface area contributed by atoms with Crippen LogP contribution in [0.2, 0.25) is 0 Å². The molecule has 0 amide bonds. The molecule has 4 nitrogen and oxygen atoms in total. The maximum absolute atomic E-state index is 10.6. The van der Waals surface area contributed by atoms with E-state index in [1.807, 2.05) is 0 Å². The van der Waals surface area contributed by atoms with Gasteiger partial charge in [0.25, 0.3) is 0 Å². The quantitative estimate of drug-likeness (QED) is 0.398. The van der Waals surface area contributed by atoms with Crippen LogP contribution in [0.1, 0.15) is 32.1 Å². The molecule has 0 aromatic heterocycles.